The molecule has 0 unspecified atom stereocenters. The highest BCUT2D eigenvalue weighted by Crippen LogP contribution is 2.20. The summed E-state index contributed by atoms with van der Waals surface area (Å²) in [6, 6.07) is 16.5. The van der Waals surface area contributed by atoms with Crippen LogP contribution in [0, 0.1) is 0 Å². The van der Waals surface area contributed by atoms with Crippen molar-refractivity contribution in [3.05, 3.63) is 72.1 Å². The monoisotopic (exact) mass is 279 g/mol. The summed E-state index contributed by atoms with van der Waals surface area (Å²) in [5, 5.41) is 8.37. The van der Waals surface area contributed by atoms with E-state index in [0.717, 1.165) is 5.69 Å². The third-order valence-corrected chi connectivity index (χ3v) is 3.06. The first-order chi connectivity index (χ1) is 10.3. The molecule has 0 aliphatic heterocycles. The van der Waals surface area contributed by atoms with E-state index >= 15 is 0 Å². The molecule has 3 rings (SSSR count). The standard InChI is InChI=1S/C16H13N3O2/c1-21-15-10-6-5-9-13(15)16(20)14-11-17-19(18-14)12-7-3-2-4-8-12/h2-11H,1H3. The zero-order valence-corrected chi connectivity index (χ0v) is 11.4. The molecular formula is C16H13N3O2. The van der Waals surface area contributed by atoms with Crippen molar-refractivity contribution in [1.82, 2.24) is 15.0 Å². The summed E-state index contributed by atoms with van der Waals surface area (Å²) in [5.74, 6) is 0.311. The molecule has 0 N–H and O–H groups in total. The Morgan fingerprint density at radius 1 is 1.05 bits per heavy atom. The molecule has 3 aromatic rings. The minimum atomic E-state index is -0.213. The van der Waals surface area contributed by atoms with Crippen LogP contribution in [0.2, 0.25) is 0 Å². The Labute approximate surface area is 121 Å². The topological polar surface area (TPSA) is 57.0 Å². The molecule has 5 heteroatoms. The Morgan fingerprint density at radius 3 is 2.52 bits per heavy atom. The van der Waals surface area contributed by atoms with Crippen molar-refractivity contribution in [1.29, 1.82) is 0 Å². The lowest BCUT2D eigenvalue weighted by Gasteiger charge is -2.04. The van der Waals surface area contributed by atoms with Crippen molar-refractivity contribution >= 4 is 5.78 Å². The van der Waals surface area contributed by atoms with Crippen LogP contribution in [0.15, 0.2) is 60.8 Å². The van der Waals surface area contributed by atoms with Crippen molar-refractivity contribution in [3.63, 3.8) is 0 Å². The lowest BCUT2D eigenvalue weighted by molar-refractivity contribution is 0.103. The molecule has 0 radical (unpaired) electrons. The molecule has 2 aromatic carbocycles. The van der Waals surface area contributed by atoms with Crippen LogP contribution < -0.4 is 4.74 Å². The van der Waals surface area contributed by atoms with Crippen molar-refractivity contribution < 1.29 is 9.53 Å². The third kappa shape index (κ3) is 2.53. The zero-order valence-electron chi connectivity index (χ0n) is 11.4. The molecule has 0 spiro atoms. The number of aromatic nitrogens is 3. The van der Waals surface area contributed by atoms with Gasteiger partial charge in [0.1, 0.15) is 5.75 Å². The lowest BCUT2D eigenvalue weighted by Crippen LogP contribution is -2.06. The highest BCUT2D eigenvalue weighted by atomic mass is 16.5. The van der Waals surface area contributed by atoms with Crippen LogP contribution in [0.5, 0.6) is 5.75 Å². The fourth-order valence-electron chi connectivity index (χ4n) is 2.02. The number of ketones is 1. The van der Waals surface area contributed by atoms with E-state index in [0.29, 0.717) is 11.3 Å². The number of rotatable bonds is 4. The smallest absolute Gasteiger partial charge is 0.218 e. The van der Waals surface area contributed by atoms with Gasteiger partial charge in [-0.05, 0) is 24.3 Å². The van der Waals surface area contributed by atoms with E-state index in [4.69, 9.17) is 4.74 Å². The number of ether oxygens (including phenoxy) is 1. The van der Waals surface area contributed by atoms with E-state index in [1.54, 1.807) is 18.2 Å². The summed E-state index contributed by atoms with van der Waals surface area (Å²) in [4.78, 5) is 13.9. The van der Waals surface area contributed by atoms with Gasteiger partial charge in [0.25, 0.3) is 0 Å². The quantitative estimate of drug-likeness (QED) is 0.688. The molecule has 0 amide bonds. The summed E-state index contributed by atoms with van der Waals surface area (Å²) in [6.45, 7) is 0. The summed E-state index contributed by atoms with van der Waals surface area (Å²) in [5.41, 5.74) is 1.56. The number of carbonyl (C=O) groups is 1. The van der Waals surface area contributed by atoms with Gasteiger partial charge in [-0.25, -0.2) is 0 Å². The van der Waals surface area contributed by atoms with Gasteiger partial charge in [0, 0.05) is 0 Å². The van der Waals surface area contributed by atoms with Crippen molar-refractivity contribution in [3.8, 4) is 11.4 Å². The number of nitrogens with zero attached hydrogens (tertiary/aromatic N) is 3. The van der Waals surface area contributed by atoms with Gasteiger partial charge in [-0.3, -0.25) is 4.79 Å². The van der Waals surface area contributed by atoms with E-state index in [1.807, 2.05) is 36.4 Å². The van der Waals surface area contributed by atoms with Crippen LogP contribution in [0.1, 0.15) is 16.1 Å². The van der Waals surface area contributed by atoms with Gasteiger partial charge in [0.15, 0.2) is 5.69 Å². The molecular weight excluding hydrogens is 266 g/mol. The highest BCUT2D eigenvalue weighted by molar-refractivity contribution is 6.09. The number of hydrogen-bond donors (Lipinski definition) is 0. The second kappa shape index (κ2) is 5.58. The number of benzene rings is 2. The van der Waals surface area contributed by atoms with Crippen LogP contribution >= 0.6 is 0 Å². The second-order valence-electron chi connectivity index (χ2n) is 4.38. The Morgan fingerprint density at radius 2 is 1.76 bits per heavy atom. The van der Waals surface area contributed by atoms with Gasteiger partial charge in [0.05, 0.1) is 24.6 Å². The predicted octanol–water partition coefficient (Wildman–Crippen LogP) is 2.51. The molecule has 1 heterocycles. The number of carbonyl (C=O) groups excluding carboxylic acids is 1. The number of hydrogen-bond acceptors (Lipinski definition) is 4. The SMILES string of the molecule is COc1ccccc1C(=O)c1cnn(-c2ccccc2)n1. The van der Waals surface area contributed by atoms with Gasteiger partial charge < -0.3 is 4.74 Å². The maximum atomic E-state index is 12.5. The molecule has 0 aliphatic rings. The highest BCUT2D eigenvalue weighted by Gasteiger charge is 2.17. The minimum Gasteiger partial charge on any atom is -0.496 e. The molecule has 21 heavy (non-hydrogen) atoms. The largest absolute Gasteiger partial charge is 0.496 e. The fraction of sp³-hybridized carbons (Fsp3) is 0.0625. The zero-order chi connectivity index (χ0) is 14.7. The van der Waals surface area contributed by atoms with Crippen LogP contribution in [0.3, 0.4) is 0 Å². The Kier molecular flexibility index (Phi) is 3.47. The van der Waals surface area contributed by atoms with Crippen molar-refractivity contribution in [2.45, 2.75) is 0 Å². The normalized spacial score (nSPS) is 10.3. The maximum Gasteiger partial charge on any atom is 0.218 e. The fourth-order valence-corrected chi connectivity index (χ4v) is 2.02. The van der Waals surface area contributed by atoms with E-state index < -0.39 is 0 Å². The van der Waals surface area contributed by atoms with Crippen LogP contribution in [-0.2, 0) is 0 Å². The molecule has 0 fully saturated rings. The van der Waals surface area contributed by atoms with Gasteiger partial charge in [-0.15, -0.1) is 5.10 Å². The van der Waals surface area contributed by atoms with E-state index in [2.05, 4.69) is 10.2 Å². The average Bonchev–Trinajstić information content (AvgIpc) is 3.05. The summed E-state index contributed by atoms with van der Waals surface area (Å²) >= 11 is 0. The molecule has 0 aliphatic carbocycles. The van der Waals surface area contributed by atoms with Crippen LogP contribution in [0.25, 0.3) is 5.69 Å². The van der Waals surface area contributed by atoms with Gasteiger partial charge in [-0.2, -0.15) is 9.90 Å². The second-order valence-corrected chi connectivity index (χ2v) is 4.38. The minimum absolute atomic E-state index is 0.213. The van der Waals surface area contributed by atoms with Crippen molar-refractivity contribution in [2.24, 2.45) is 0 Å². The molecule has 0 saturated heterocycles. The lowest BCUT2D eigenvalue weighted by atomic mass is 10.1. The third-order valence-electron chi connectivity index (χ3n) is 3.06. The van der Waals surface area contributed by atoms with Gasteiger partial charge in [-0.1, -0.05) is 30.3 Å². The molecule has 0 saturated carbocycles. The summed E-state index contributed by atoms with van der Waals surface area (Å²) in [7, 11) is 1.53. The summed E-state index contributed by atoms with van der Waals surface area (Å²) in [6.07, 6.45) is 1.46. The van der Waals surface area contributed by atoms with E-state index in [9.17, 15) is 4.79 Å². The molecule has 5 nitrogen and oxygen atoms in total. The average molecular weight is 279 g/mol. The van der Waals surface area contributed by atoms with E-state index in [-0.39, 0.29) is 11.5 Å². The Hall–Kier alpha value is -2.95. The molecule has 104 valence electrons. The van der Waals surface area contributed by atoms with Crippen molar-refractivity contribution in [2.75, 3.05) is 7.11 Å². The summed E-state index contributed by atoms with van der Waals surface area (Å²) < 4.78 is 5.20. The van der Waals surface area contributed by atoms with Gasteiger partial charge >= 0.3 is 0 Å². The number of methoxy groups -OCH3 is 1. The molecule has 1 aromatic heterocycles. The van der Waals surface area contributed by atoms with Crippen LogP contribution in [0.4, 0.5) is 0 Å². The predicted molar refractivity (Wildman–Crippen MR) is 77.8 cm³/mol. The maximum absolute atomic E-state index is 12.5. The van der Waals surface area contributed by atoms with Gasteiger partial charge in [0.2, 0.25) is 5.78 Å². The van der Waals surface area contributed by atoms with Crippen LogP contribution in [-0.4, -0.2) is 27.9 Å². The Bertz CT molecular complexity index is 766. The molecule has 0 bridgehead atoms. The first-order valence-electron chi connectivity index (χ1n) is 6.45. The Balaban J connectivity index is 1.95. The first kappa shape index (κ1) is 13.1. The first-order valence-corrected chi connectivity index (χ1v) is 6.45. The van der Waals surface area contributed by atoms with E-state index in [1.165, 1.54) is 18.1 Å². The molecule has 0 atom stereocenters. The number of para-hydroxylation sites is 2.